The molecule has 6 heteroatoms. The molecule has 1 amide bonds. The van der Waals surface area contributed by atoms with E-state index in [1.165, 1.54) is 0 Å². The quantitative estimate of drug-likeness (QED) is 0.835. The smallest absolute Gasteiger partial charge is 0.222 e. The van der Waals surface area contributed by atoms with Crippen molar-refractivity contribution in [1.29, 1.82) is 0 Å². The van der Waals surface area contributed by atoms with Crippen molar-refractivity contribution in [3.05, 3.63) is 30.2 Å². The third-order valence-corrected chi connectivity index (χ3v) is 3.21. The summed E-state index contributed by atoms with van der Waals surface area (Å²) in [5, 5.41) is 11.1. The molecule has 20 heavy (non-hydrogen) atoms. The number of nitrogens with one attached hydrogen (secondary N) is 1. The summed E-state index contributed by atoms with van der Waals surface area (Å²) in [5.41, 5.74) is 6.65. The molecule has 0 radical (unpaired) electrons. The molecule has 3 N–H and O–H groups in total. The fourth-order valence-corrected chi connectivity index (χ4v) is 2.23. The number of amides is 1. The molecule has 0 aromatic carbocycles. The lowest BCUT2D eigenvalue weighted by Gasteiger charge is -2.14. The van der Waals surface area contributed by atoms with Crippen LogP contribution in [0, 0.1) is 0 Å². The fraction of sp³-hybridized carbons (Fsp3) is 0.500. The summed E-state index contributed by atoms with van der Waals surface area (Å²) in [7, 11) is 0. The standard InChI is InChI=1S/C14H21N5O/c1-3-6-11(15)9-13(20)16-10(2)14-18-17-12-7-4-5-8-19(12)14/h4-5,7-8,10-11H,3,6,9,15H2,1-2H3,(H,16,20). The predicted molar refractivity (Wildman–Crippen MR) is 77.0 cm³/mol. The summed E-state index contributed by atoms with van der Waals surface area (Å²) in [6, 6.07) is 5.41. The van der Waals surface area contributed by atoms with Gasteiger partial charge in [-0.1, -0.05) is 19.4 Å². The lowest BCUT2D eigenvalue weighted by Crippen LogP contribution is -2.33. The minimum Gasteiger partial charge on any atom is -0.346 e. The second kappa shape index (κ2) is 6.47. The van der Waals surface area contributed by atoms with E-state index in [2.05, 4.69) is 22.4 Å². The van der Waals surface area contributed by atoms with Crippen LogP contribution in [-0.2, 0) is 4.79 Å². The van der Waals surface area contributed by atoms with E-state index < -0.39 is 0 Å². The first-order chi connectivity index (χ1) is 9.61. The van der Waals surface area contributed by atoms with E-state index in [0.29, 0.717) is 6.42 Å². The van der Waals surface area contributed by atoms with Gasteiger partial charge in [0, 0.05) is 18.7 Å². The number of rotatable bonds is 6. The van der Waals surface area contributed by atoms with E-state index in [1.54, 1.807) is 0 Å². The highest BCUT2D eigenvalue weighted by Gasteiger charge is 2.16. The number of aromatic nitrogens is 3. The highest BCUT2D eigenvalue weighted by Crippen LogP contribution is 2.12. The maximum absolute atomic E-state index is 11.9. The summed E-state index contributed by atoms with van der Waals surface area (Å²) in [4.78, 5) is 11.9. The Kier molecular flexibility index (Phi) is 4.68. The number of nitrogens with two attached hydrogens (primary N) is 1. The van der Waals surface area contributed by atoms with Crippen LogP contribution < -0.4 is 11.1 Å². The Morgan fingerprint density at radius 1 is 1.45 bits per heavy atom. The molecular weight excluding hydrogens is 254 g/mol. The molecule has 0 aliphatic rings. The zero-order chi connectivity index (χ0) is 14.5. The Balaban J connectivity index is 2.01. The largest absolute Gasteiger partial charge is 0.346 e. The van der Waals surface area contributed by atoms with Crippen LogP contribution in [-0.4, -0.2) is 26.5 Å². The van der Waals surface area contributed by atoms with Crippen LogP contribution in [0.5, 0.6) is 0 Å². The molecule has 2 atom stereocenters. The number of hydrogen-bond donors (Lipinski definition) is 2. The van der Waals surface area contributed by atoms with Crippen molar-refractivity contribution in [2.45, 2.75) is 45.2 Å². The first-order valence-corrected chi connectivity index (χ1v) is 6.96. The third-order valence-electron chi connectivity index (χ3n) is 3.21. The van der Waals surface area contributed by atoms with Gasteiger partial charge in [0.25, 0.3) is 0 Å². The molecule has 0 fully saturated rings. The van der Waals surface area contributed by atoms with Crippen molar-refractivity contribution in [2.75, 3.05) is 0 Å². The van der Waals surface area contributed by atoms with Gasteiger partial charge in [0.15, 0.2) is 11.5 Å². The topological polar surface area (TPSA) is 85.3 Å². The number of hydrogen-bond acceptors (Lipinski definition) is 4. The third kappa shape index (κ3) is 3.33. The SMILES string of the molecule is CCCC(N)CC(=O)NC(C)c1nnc2ccccn12. The summed E-state index contributed by atoms with van der Waals surface area (Å²) in [6.07, 6.45) is 4.07. The predicted octanol–water partition coefficient (Wildman–Crippen LogP) is 1.42. The molecule has 2 aromatic heterocycles. The van der Waals surface area contributed by atoms with Gasteiger partial charge >= 0.3 is 0 Å². The summed E-state index contributed by atoms with van der Waals surface area (Å²) >= 11 is 0. The van der Waals surface area contributed by atoms with Gasteiger partial charge in [-0.2, -0.15) is 0 Å². The van der Waals surface area contributed by atoms with Crippen LogP contribution in [0.4, 0.5) is 0 Å². The maximum Gasteiger partial charge on any atom is 0.222 e. The fourth-order valence-electron chi connectivity index (χ4n) is 2.23. The van der Waals surface area contributed by atoms with Crippen LogP contribution in [0.25, 0.3) is 5.65 Å². The van der Waals surface area contributed by atoms with Gasteiger partial charge in [-0.25, -0.2) is 0 Å². The minimum absolute atomic E-state index is 0.0499. The summed E-state index contributed by atoms with van der Waals surface area (Å²) in [5.74, 6) is 0.671. The molecule has 0 aliphatic heterocycles. The molecule has 6 nitrogen and oxygen atoms in total. The second-order valence-corrected chi connectivity index (χ2v) is 5.03. The number of carbonyl (C=O) groups is 1. The van der Waals surface area contributed by atoms with Gasteiger partial charge in [0.2, 0.25) is 5.91 Å². The first-order valence-electron chi connectivity index (χ1n) is 6.96. The number of carbonyl (C=O) groups excluding carboxylic acids is 1. The Morgan fingerprint density at radius 3 is 3.00 bits per heavy atom. The van der Waals surface area contributed by atoms with Crippen LogP contribution in [0.2, 0.25) is 0 Å². The van der Waals surface area contributed by atoms with Crippen molar-refractivity contribution in [3.8, 4) is 0 Å². The minimum atomic E-state index is -0.200. The van der Waals surface area contributed by atoms with Gasteiger partial charge in [0.1, 0.15) is 0 Å². The molecule has 0 bridgehead atoms. The Hall–Kier alpha value is -1.95. The van der Waals surface area contributed by atoms with Crippen LogP contribution in [0.1, 0.15) is 45.0 Å². The Morgan fingerprint density at radius 2 is 2.25 bits per heavy atom. The van der Waals surface area contributed by atoms with E-state index in [9.17, 15) is 4.79 Å². The average molecular weight is 275 g/mol. The number of pyridine rings is 1. The highest BCUT2D eigenvalue weighted by atomic mass is 16.1. The molecule has 2 unspecified atom stereocenters. The zero-order valence-corrected chi connectivity index (χ0v) is 11.9. The number of nitrogens with zero attached hydrogens (tertiary/aromatic N) is 3. The highest BCUT2D eigenvalue weighted by molar-refractivity contribution is 5.76. The van der Waals surface area contributed by atoms with E-state index in [0.717, 1.165) is 24.3 Å². The van der Waals surface area contributed by atoms with Crippen LogP contribution in [0.3, 0.4) is 0 Å². The van der Waals surface area contributed by atoms with Crippen molar-refractivity contribution in [3.63, 3.8) is 0 Å². The van der Waals surface area contributed by atoms with E-state index in [1.807, 2.05) is 35.7 Å². The molecule has 2 aromatic rings. The summed E-state index contributed by atoms with van der Waals surface area (Å²) < 4.78 is 1.87. The molecule has 108 valence electrons. The second-order valence-electron chi connectivity index (χ2n) is 5.03. The van der Waals surface area contributed by atoms with Crippen molar-refractivity contribution in [1.82, 2.24) is 19.9 Å². The number of fused-ring (bicyclic) bond motifs is 1. The molecule has 0 saturated carbocycles. The van der Waals surface area contributed by atoms with E-state index in [4.69, 9.17) is 5.73 Å². The van der Waals surface area contributed by atoms with Gasteiger partial charge in [0.05, 0.1) is 6.04 Å². The molecule has 0 spiro atoms. The zero-order valence-electron chi connectivity index (χ0n) is 11.9. The van der Waals surface area contributed by atoms with Gasteiger partial charge in [-0.15, -0.1) is 10.2 Å². The molecule has 0 saturated heterocycles. The van der Waals surface area contributed by atoms with Crippen LogP contribution in [0.15, 0.2) is 24.4 Å². The van der Waals surface area contributed by atoms with E-state index in [-0.39, 0.29) is 18.0 Å². The first kappa shape index (κ1) is 14.5. The van der Waals surface area contributed by atoms with Crippen molar-refractivity contribution in [2.24, 2.45) is 5.73 Å². The van der Waals surface area contributed by atoms with Gasteiger partial charge in [-0.05, 0) is 25.5 Å². The Labute approximate surface area is 118 Å². The maximum atomic E-state index is 11.9. The normalized spacial score (nSPS) is 14.2. The lowest BCUT2D eigenvalue weighted by atomic mass is 10.1. The van der Waals surface area contributed by atoms with Crippen molar-refractivity contribution < 1.29 is 4.79 Å². The molecule has 0 aliphatic carbocycles. The molecule has 2 heterocycles. The van der Waals surface area contributed by atoms with Gasteiger partial charge < -0.3 is 11.1 Å². The summed E-state index contributed by atoms with van der Waals surface area (Å²) in [6.45, 7) is 3.95. The van der Waals surface area contributed by atoms with Crippen molar-refractivity contribution >= 4 is 11.6 Å². The Bertz CT molecular complexity index is 580. The van der Waals surface area contributed by atoms with E-state index >= 15 is 0 Å². The van der Waals surface area contributed by atoms with Gasteiger partial charge in [-0.3, -0.25) is 9.20 Å². The lowest BCUT2D eigenvalue weighted by molar-refractivity contribution is -0.122. The average Bonchev–Trinajstić information content (AvgIpc) is 2.82. The molecular formula is C14H21N5O. The monoisotopic (exact) mass is 275 g/mol. The molecule has 2 rings (SSSR count). The van der Waals surface area contributed by atoms with Crippen LogP contribution >= 0.6 is 0 Å².